The molecular formula is C39H54N2O. The highest BCUT2D eigenvalue weighted by molar-refractivity contribution is 5.82. The fourth-order valence-electron chi connectivity index (χ4n) is 3.75. The van der Waals surface area contributed by atoms with E-state index < -0.39 is 0 Å². The third kappa shape index (κ3) is 13.9. The highest BCUT2D eigenvalue weighted by atomic mass is 16.3. The zero-order valence-electron chi connectivity index (χ0n) is 27.5. The predicted octanol–water partition coefficient (Wildman–Crippen LogP) is 9.58. The van der Waals surface area contributed by atoms with Crippen LogP contribution in [0.1, 0.15) is 73.4 Å². The second-order valence-corrected chi connectivity index (χ2v) is 10.1. The molecule has 0 fully saturated rings. The van der Waals surface area contributed by atoms with Gasteiger partial charge in [-0.05, 0) is 84.1 Å². The highest BCUT2D eigenvalue weighted by Crippen LogP contribution is 2.18. The van der Waals surface area contributed by atoms with Crippen LogP contribution in [0, 0.1) is 5.92 Å². The maximum absolute atomic E-state index is 6.26. The summed E-state index contributed by atoms with van der Waals surface area (Å²) in [5.74, 6) is 0.607. The van der Waals surface area contributed by atoms with Crippen LogP contribution in [-0.2, 0) is 6.42 Å². The van der Waals surface area contributed by atoms with E-state index in [2.05, 4.69) is 77.4 Å². The number of hydrogen-bond donors (Lipinski definition) is 2. The van der Waals surface area contributed by atoms with Crippen molar-refractivity contribution >= 4 is 28.4 Å². The Labute approximate surface area is 255 Å². The fourth-order valence-corrected chi connectivity index (χ4v) is 3.75. The Morgan fingerprint density at radius 2 is 1.50 bits per heavy atom. The van der Waals surface area contributed by atoms with E-state index in [9.17, 15) is 0 Å². The smallest absolute Gasteiger partial charge is 0.153 e. The number of fused-ring (bicyclic) bond motifs is 1. The first-order chi connectivity index (χ1) is 20.2. The maximum Gasteiger partial charge on any atom is 0.153 e. The van der Waals surface area contributed by atoms with Crippen LogP contribution in [0.15, 0.2) is 120 Å². The number of benzene rings is 2. The quantitative estimate of drug-likeness (QED) is 0.221. The van der Waals surface area contributed by atoms with Crippen LogP contribution in [0.4, 0.5) is 0 Å². The third-order valence-electron chi connectivity index (χ3n) is 5.83. The van der Waals surface area contributed by atoms with Crippen molar-refractivity contribution in [1.82, 2.24) is 5.32 Å². The Balaban J connectivity index is 0.000000744. The molecule has 1 heterocycles. The van der Waals surface area contributed by atoms with E-state index in [1.54, 1.807) is 0 Å². The number of nitrogens with one attached hydrogen (secondary N) is 1. The average molecular weight is 567 g/mol. The summed E-state index contributed by atoms with van der Waals surface area (Å²) < 4.78 is 6.26. The summed E-state index contributed by atoms with van der Waals surface area (Å²) in [7, 11) is 0. The number of nitrogens with two attached hydrogens (primary N) is 1. The second kappa shape index (κ2) is 22.4. The van der Waals surface area contributed by atoms with Crippen LogP contribution in [0.5, 0.6) is 0 Å². The molecule has 3 aromatic rings. The molecule has 0 aliphatic rings. The molecular weight excluding hydrogens is 512 g/mol. The van der Waals surface area contributed by atoms with Gasteiger partial charge in [-0.15, -0.1) is 13.2 Å². The van der Waals surface area contributed by atoms with E-state index in [0.29, 0.717) is 5.92 Å². The number of rotatable bonds is 7. The minimum absolute atomic E-state index is 0.607. The molecule has 3 heteroatoms. The average Bonchev–Trinajstić information content (AvgIpc) is 3.39. The van der Waals surface area contributed by atoms with Gasteiger partial charge in [0, 0.05) is 22.5 Å². The summed E-state index contributed by atoms with van der Waals surface area (Å²) >= 11 is 0. The van der Waals surface area contributed by atoms with Crippen LogP contribution < -0.4 is 21.7 Å². The van der Waals surface area contributed by atoms with E-state index in [1.165, 1.54) is 16.5 Å². The molecule has 3 nitrogen and oxygen atoms in total. The molecule has 0 spiro atoms. The van der Waals surface area contributed by atoms with Crippen molar-refractivity contribution in [3.05, 3.63) is 138 Å². The normalized spacial score (nSPS) is 12.4. The molecule has 226 valence electrons. The lowest BCUT2D eigenvalue weighted by Gasteiger charge is -2.04. The van der Waals surface area contributed by atoms with Crippen LogP contribution in [0.25, 0.3) is 28.4 Å². The molecule has 0 aliphatic heterocycles. The lowest BCUT2D eigenvalue weighted by Crippen LogP contribution is -2.26. The van der Waals surface area contributed by atoms with Crippen LogP contribution >= 0.6 is 0 Å². The molecule has 2 aromatic carbocycles. The van der Waals surface area contributed by atoms with E-state index >= 15 is 0 Å². The van der Waals surface area contributed by atoms with Crippen molar-refractivity contribution in [2.45, 2.75) is 68.7 Å². The zero-order chi connectivity index (χ0) is 31.9. The number of hydrogen-bond acceptors (Lipinski definition) is 3. The van der Waals surface area contributed by atoms with Gasteiger partial charge < -0.3 is 15.5 Å². The Hall–Kier alpha value is -4.24. The van der Waals surface area contributed by atoms with Crippen LogP contribution in [-0.4, -0.2) is 0 Å². The molecule has 0 saturated carbocycles. The molecule has 1 aromatic heterocycles. The molecule has 0 saturated heterocycles. The number of furan rings is 1. The predicted molar refractivity (Wildman–Crippen MR) is 190 cm³/mol. The largest absolute Gasteiger partial charge is 0.454 e. The number of para-hydroxylation sites is 1. The van der Waals surface area contributed by atoms with Crippen LogP contribution in [0.3, 0.4) is 0 Å². The van der Waals surface area contributed by atoms with E-state index in [4.69, 9.17) is 10.2 Å². The van der Waals surface area contributed by atoms with E-state index in [-0.39, 0.29) is 0 Å². The zero-order valence-corrected chi connectivity index (χ0v) is 27.5. The van der Waals surface area contributed by atoms with Gasteiger partial charge in [0.1, 0.15) is 5.58 Å². The Kier molecular flexibility index (Phi) is 20.2. The topological polar surface area (TPSA) is 51.2 Å². The minimum Gasteiger partial charge on any atom is -0.454 e. The highest BCUT2D eigenvalue weighted by Gasteiger charge is 2.10. The van der Waals surface area contributed by atoms with Gasteiger partial charge in [0.25, 0.3) is 0 Å². The summed E-state index contributed by atoms with van der Waals surface area (Å²) in [4.78, 5) is 0. The van der Waals surface area contributed by atoms with Gasteiger partial charge >= 0.3 is 0 Å². The molecule has 3 N–H and O–H groups in total. The SMILES string of the molecule is C/C=C\C=C/N/C(C)=c1\oc2c(CC(C)C)cccc2\c1=C\C.C=C.CC(C)=C/C=C(\N)c1ccccc1.CC=CC. The van der Waals surface area contributed by atoms with E-state index in [1.807, 2.05) is 107 Å². The second-order valence-electron chi connectivity index (χ2n) is 10.1. The molecule has 3 rings (SSSR count). The molecule has 0 bridgehead atoms. The Morgan fingerprint density at radius 1 is 0.857 bits per heavy atom. The lowest BCUT2D eigenvalue weighted by atomic mass is 10.0. The monoisotopic (exact) mass is 566 g/mol. The fraction of sp³-hybridized carbons (Fsp3) is 0.282. The summed E-state index contributed by atoms with van der Waals surface area (Å²) in [6.45, 7) is 24.7. The lowest BCUT2D eigenvalue weighted by molar-refractivity contribution is 0.557. The summed E-state index contributed by atoms with van der Waals surface area (Å²) in [6, 6.07) is 16.4. The summed E-state index contributed by atoms with van der Waals surface area (Å²) in [5.41, 5.74) is 13.2. The Morgan fingerprint density at radius 3 is 2.02 bits per heavy atom. The van der Waals surface area contributed by atoms with Crippen molar-refractivity contribution < 1.29 is 4.42 Å². The first-order valence-electron chi connectivity index (χ1n) is 14.6. The molecule has 0 atom stereocenters. The van der Waals surface area contributed by atoms with Crippen LogP contribution in [0.2, 0.25) is 0 Å². The van der Waals surface area contributed by atoms with Gasteiger partial charge in [-0.1, -0.05) is 104 Å². The van der Waals surface area contributed by atoms with Gasteiger partial charge in [0.15, 0.2) is 5.42 Å². The first kappa shape index (κ1) is 37.8. The first-order valence-corrected chi connectivity index (χ1v) is 14.6. The summed E-state index contributed by atoms with van der Waals surface area (Å²) in [6.07, 6.45) is 19.0. The molecule has 0 radical (unpaired) electrons. The molecule has 0 aliphatic carbocycles. The third-order valence-corrected chi connectivity index (χ3v) is 5.83. The Bertz CT molecular complexity index is 1440. The molecule has 0 unspecified atom stereocenters. The van der Waals surface area contributed by atoms with Crippen molar-refractivity contribution in [3.63, 3.8) is 0 Å². The van der Waals surface area contributed by atoms with Crippen molar-refractivity contribution in [1.29, 1.82) is 0 Å². The molecule has 42 heavy (non-hydrogen) atoms. The minimum atomic E-state index is 0.607. The van der Waals surface area contributed by atoms with Gasteiger partial charge in [-0.25, -0.2) is 0 Å². The van der Waals surface area contributed by atoms with E-state index in [0.717, 1.165) is 39.6 Å². The van der Waals surface area contributed by atoms with Crippen molar-refractivity contribution in [3.8, 4) is 0 Å². The van der Waals surface area contributed by atoms with Crippen molar-refractivity contribution in [2.75, 3.05) is 0 Å². The maximum atomic E-state index is 6.26. The number of allylic oxidation sites excluding steroid dienone is 8. The van der Waals surface area contributed by atoms with Gasteiger partial charge in [-0.3, -0.25) is 0 Å². The standard InChI is InChI=1S/C21H27NO.C12H15N.C4H8.C2H4/c1-6-8-9-13-22-16(5)20-18(7-2)19-12-10-11-17(14-15(3)4)21(19)23-20;1-10(2)8-9-12(13)11-6-4-3-5-7-11;1-3-4-2;1-2/h6-13,15,22H,14H2,1-5H3;3-9H,13H2,1-2H3;3-4H,1-2H3;1-2H2/b8-6-,13-9-,18-7-,20-16-;12-9-;;. The van der Waals surface area contributed by atoms with Gasteiger partial charge in [0.05, 0.1) is 5.70 Å². The van der Waals surface area contributed by atoms with Gasteiger partial charge in [-0.2, -0.15) is 0 Å². The van der Waals surface area contributed by atoms with Crippen molar-refractivity contribution in [2.24, 2.45) is 11.7 Å². The van der Waals surface area contributed by atoms with Gasteiger partial charge in [0.2, 0.25) is 0 Å². The molecule has 0 amide bonds. The summed E-state index contributed by atoms with van der Waals surface area (Å²) in [5, 5.41) is 5.66.